The number of benzene rings is 2. The van der Waals surface area contributed by atoms with Crippen LogP contribution in [0.1, 0.15) is 58.2 Å². The van der Waals surface area contributed by atoms with Crippen LogP contribution in [0.4, 0.5) is 9.18 Å². The number of methoxy groups -OCH3 is 1. The standard InChI is InChI=1S/C30H35FN6O2.C4H7NO3.C2H6.CH5N.CH2O/c1-19(31)17-36(3)18-28-32-15-25(34-28)23-10-6-21(7-11-23)22-8-12-24(13-9-22)26-16-33-29(35-26)27-5-4-14-37(27)30(39)20(2)38;1-8-4(7)5-2-3-6;3*1-2/h6-13,15-16,19-20,27,38H,4-5,14,17-18H2,1-3H3,(H,32,34)(H,33,35);3H,2H2,1H3,(H,5,7);1-2H3;2H2,1H3;1H2. The molecule has 3 unspecified atom stereocenters. The van der Waals surface area contributed by atoms with Gasteiger partial charge in [0.2, 0.25) is 0 Å². The average molecular weight is 739 g/mol. The molecular weight excluding hydrogens is 683 g/mol. The number of imidazole rings is 2. The van der Waals surface area contributed by atoms with Gasteiger partial charge in [-0.15, -0.1) is 0 Å². The van der Waals surface area contributed by atoms with Crippen molar-refractivity contribution < 1.29 is 33.4 Å². The van der Waals surface area contributed by atoms with Crippen molar-refractivity contribution in [2.75, 3.05) is 40.8 Å². The second-order valence-corrected chi connectivity index (χ2v) is 11.5. The Labute approximate surface area is 311 Å². The predicted octanol–water partition coefficient (Wildman–Crippen LogP) is 4.93. The molecule has 1 saturated heterocycles. The first-order chi connectivity index (χ1) is 25.6. The topological polar surface area (TPSA) is 200 Å². The number of carbonyl (C=O) groups excluding carboxylic acids is 4. The number of H-pyrrole nitrogens is 2. The summed E-state index contributed by atoms with van der Waals surface area (Å²) in [6.45, 7) is 10.6. The van der Waals surface area contributed by atoms with Gasteiger partial charge in [-0.3, -0.25) is 9.69 Å². The number of aliphatic hydroxyl groups is 1. The number of nitrogens with two attached hydrogens (primary N) is 1. The first kappa shape index (κ1) is 45.8. The molecular formula is C38H55FN8O6. The highest BCUT2D eigenvalue weighted by Crippen LogP contribution is 2.32. The Morgan fingerprint density at radius 3 is 2.02 bits per heavy atom. The van der Waals surface area contributed by atoms with E-state index in [1.54, 1.807) is 18.0 Å². The predicted molar refractivity (Wildman–Crippen MR) is 204 cm³/mol. The number of aliphatic hydroxyl groups excluding tert-OH is 1. The van der Waals surface area contributed by atoms with Gasteiger partial charge in [-0.25, -0.2) is 19.2 Å². The largest absolute Gasteiger partial charge is 0.453 e. The van der Waals surface area contributed by atoms with Crippen LogP contribution in [0.25, 0.3) is 33.6 Å². The van der Waals surface area contributed by atoms with E-state index in [1.165, 1.54) is 21.1 Å². The molecule has 3 atom stereocenters. The van der Waals surface area contributed by atoms with Gasteiger partial charge in [0.1, 0.15) is 37.0 Å². The zero-order chi connectivity index (χ0) is 39.9. The summed E-state index contributed by atoms with van der Waals surface area (Å²) in [5.74, 6) is 1.31. The van der Waals surface area contributed by atoms with Crippen LogP contribution in [0.15, 0.2) is 60.9 Å². The van der Waals surface area contributed by atoms with Gasteiger partial charge < -0.3 is 45.4 Å². The number of nitrogens with one attached hydrogen (secondary N) is 3. The lowest BCUT2D eigenvalue weighted by molar-refractivity contribution is -0.140. The fraction of sp³-hybridized carbons (Fsp3) is 0.421. The van der Waals surface area contributed by atoms with Crippen LogP contribution in [0.3, 0.4) is 0 Å². The highest BCUT2D eigenvalue weighted by atomic mass is 19.1. The minimum atomic E-state index is -1.01. The SMILES string of the molecule is C=O.CC.CC(F)CN(C)Cc1ncc(-c2ccc(-c3ccc(-c4cnc(C5CCCN5C(=O)C(C)O)[nH]4)cc3)cc2)[nH]1.CN.COC(=O)NCC=O. The fourth-order valence-corrected chi connectivity index (χ4v) is 5.43. The molecule has 2 aromatic heterocycles. The van der Waals surface area contributed by atoms with Crippen LogP contribution >= 0.6 is 0 Å². The summed E-state index contributed by atoms with van der Waals surface area (Å²) >= 11 is 0. The smallest absolute Gasteiger partial charge is 0.407 e. The van der Waals surface area contributed by atoms with Crippen LogP contribution in [-0.4, -0.2) is 113 Å². The molecule has 6 N–H and O–H groups in total. The summed E-state index contributed by atoms with van der Waals surface area (Å²) in [5, 5.41) is 11.9. The molecule has 4 aromatic rings. The number of nitrogens with zero attached hydrogens (tertiary/aromatic N) is 4. The second kappa shape index (κ2) is 24.9. The van der Waals surface area contributed by atoms with Crippen molar-refractivity contribution in [1.29, 1.82) is 0 Å². The van der Waals surface area contributed by atoms with E-state index in [2.05, 4.69) is 84.3 Å². The van der Waals surface area contributed by atoms with E-state index in [9.17, 15) is 23.9 Å². The maximum atomic E-state index is 13.2. The van der Waals surface area contributed by atoms with Crippen molar-refractivity contribution in [3.8, 4) is 33.6 Å². The summed E-state index contributed by atoms with van der Waals surface area (Å²) in [4.78, 5) is 59.4. The number of halogens is 1. The number of alkyl halides is 1. The molecule has 5 rings (SSSR count). The van der Waals surface area contributed by atoms with E-state index >= 15 is 0 Å². The summed E-state index contributed by atoms with van der Waals surface area (Å²) in [5.41, 5.74) is 10.6. The summed E-state index contributed by atoms with van der Waals surface area (Å²) in [6.07, 6.45) is 3.45. The van der Waals surface area contributed by atoms with Gasteiger partial charge in [0.25, 0.3) is 5.91 Å². The number of carbonyl (C=O) groups is 4. The van der Waals surface area contributed by atoms with E-state index < -0.39 is 18.4 Å². The molecule has 1 aliphatic heterocycles. The number of aromatic nitrogens is 4. The van der Waals surface area contributed by atoms with E-state index in [-0.39, 0.29) is 18.5 Å². The van der Waals surface area contributed by atoms with Crippen LogP contribution in [-0.2, 0) is 25.7 Å². The summed E-state index contributed by atoms with van der Waals surface area (Å²) in [6, 6.07) is 16.5. The van der Waals surface area contributed by atoms with E-state index in [0.29, 0.717) is 25.9 Å². The van der Waals surface area contributed by atoms with Gasteiger partial charge in [-0.1, -0.05) is 62.4 Å². The molecule has 53 heavy (non-hydrogen) atoms. The third-order valence-electron chi connectivity index (χ3n) is 7.66. The fourth-order valence-electron chi connectivity index (χ4n) is 5.43. The first-order valence-corrected chi connectivity index (χ1v) is 17.3. The number of hydrogen-bond donors (Lipinski definition) is 5. The van der Waals surface area contributed by atoms with Crippen molar-refractivity contribution in [2.45, 2.75) is 65.4 Å². The molecule has 15 heteroatoms. The molecule has 3 heterocycles. The molecule has 0 bridgehead atoms. The maximum Gasteiger partial charge on any atom is 0.407 e. The van der Waals surface area contributed by atoms with E-state index in [0.717, 1.165) is 58.1 Å². The molecule has 0 spiro atoms. The third-order valence-corrected chi connectivity index (χ3v) is 7.66. The number of likely N-dealkylation sites (tertiary alicyclic amines) is 1. The van der Waals surface area contributed by atoms with Crippen LogP contribution in [0.2, 0.25) is 0 Å². The van der Waals surface area contributed by atoms with E-state index in [1.807, 2.05) is 38.8 Å². The minimum Gasteiger partial charge on any atom is -0.453 e. The molecule has 14 nitrogen and oxygen atoms in total. The van der Waals surface area contributed by atoms with Crippen molar-refractivity contribution in [2.24, 2.45) is 5.73 Å². The Bertz CT molecular complexity index is 1630. The lowest BCUT2D eigenvalue weighted by Crippen LogP contribution is -2.37. The molecule has 0 saturated carbocycles. The van der Waals surface area contributed by atoms with Gasteiger partial charge >= 0.3 is 6.09 Å². The quantitative estimate of drug-likeness (QED) is 0.132. The number of ether oxygens (including phenoxy) is 1. The Kier molecular flexibility index (Phi) is 21.5. The second-order valence-electron chi connectivity index (χ2n) is 11.5. The molecule has 1 fully saturated rings. The van der Waals surface area contributed by atoms with Crippen molar-refractivity contribution in [3.05, 3.63) is 72.6 Å². The Morgan fingerprint density at radius 2 is 1.53 bits per heavy atom. The van der Waals surface area contributed by atoms with Gasteiger partial charge in [-0.05, 0) is 63.0 Å². The highest BCUT2D eigenvalue weighted by molar-refractivity contribution is 5.81. The number of amides is 2. The summed E-state index contributed by atoms with van der Waals surface area (Å²) in [7, 11) is 4.62. The van der Waals surface area contributed by atoms with Gasteiger partial charge in [0.15, 0.2) is 0 Å². The normalized spacial score (nSPS) is 14.0. The lowest BCUT2D eigenvalue weighted by Gasteiger charge is -2.24. The lowest BCUT2D eigenvalue weighted by atomic mass is 10.0. The van der Waals surface area contributed by atoms with Crippen LogP contribution in [0.5, 0.6) is 0 Å². The molecule has 2 amide bonds. The zero-order valence-electron chi connectivity index (χ0n) is 31.8. The number of rotatable bonds is 11. The Hall–Kier alpha value is -5.25. The van der Waals surface area contributed by atoms with Crippen molar-refractivity contribution >= 4 is 25.1 Å². The monoisotopic (exact) mass is 738 g/mol. The summed E-state index contributed by atoms with van der Waals surface area (Å²) < 4.78 is 17.4. The number of alkyl carbamates (subject to hydrolysis) is 1. The average Bonchev–Trinajstić information content (AvgIpc) is 3.98. The minimum absolute atomic E-state index is 0.00662. The van der Waals surface area contributed by atoms with Crippen LogP contribution in [0, 0.1) is 0 Å². The van der Waals surface area contributed by atoms with Crippen molar-refractivity contribution in [3.63, 3.8) is 0 Å². The molecule has 290 valence electrons. The molecule has 1 aliphatic rings. The Morgan fingerprint density at radius 1 is 1.02 bits per heavy atom. The molecule has 0 aliphatic carbocycles. The third kappa shape index (κ3) is 14.4. The number of aromatic amines is 2. The molecule has 0 radical (unpaired) electrons. The van der Waals surface area contributed by atoms with Gasteiger partial charge in [-0.2, -0.15) is 0 Å². The first-order valence-electron chi connectivity index (χ1n) is 17.3. The van der Waals surface area contributed by atoms with Crippen molar-refractivity contribution in [1.82, 2.24) is 35.1 Å². The van der Waals surface area contributed by atoms with Gasteiger partial charge in [0, 0.05) is 13.1 Å². The maximum absolute atomic E-state index is 13.2. The number of hydrogen-bond acceptors (Lipinski definition) is 10. The highest BCUT2D eigenvalue weighted by Gasteiger charge is 2.33. The molecule has 2 aromatic carbocycles. The van der Waals surface area contributed by atoms with E-state index in [4.69, 9.17) is 4.79 Å². The Balaban J connectivity index is 0.000000871. The zero-order valence-corrected chi connectivity index (χ0v) is 31.8. The van der Waals surface area contributed by atoms with Gasteiger partial charge in [0.05, 0.1) is 50.0 Å². The number of aldehydes is 1. The van der Waals surface area contributed by atoms with Crippen LogP contribution < -0.4 is 11.1 Å².